The van der Waals surface area contributed by atoms with E-state index in [1.807, 2.05) is 13.8 Å². The minimum absolute atomic E-state index is 0.0100. The number of carbonyl (C=O) groups excluding carboxylic acids is 1. The van der Waals surface area contributed by atoms with Crippen molar-refractivity contribution in [2.24, 2.45) is 0 Å². The molecule has 24 heavy (non-hydrogen) atoms. The maximum atomic E-state index is 12.3. The number of aromatic nitrogens is 2. The first-order chi connectivity index (χ1) is 11.4. The van der Waals surface area contributed by atoms with Gasteiger partial charge in [0.2, 0.25) is 5.91 Å². The Kier molecular flexibility index (Phi) is 5.04. The quantitative estimate of drug-likeness (QED) is 0.853. The number of nitrogens with one attached hydrogen (secondary N) is 1. The van der Waals surface area contributed by atoms with Crippen LogP contribution in [0.25, 0.3) is 0 Å². The number of carbonyl (C=O) groups is 1. The summed E-state index contributed by atoms with van der Waals surface area (Å²) in [7, 11) is 0. The summed E-state index contributed by atoms with van der Waals surface area (Å²) >= 11 is 0. The van der Waals surface area contributed by atoms with Crippen molar-refractivity contribution in [1.82, 2.24) is 15.1 Å². The molecule has 0 unspecified atom stereocenters. The summed E-state index contributed by atoms with van der Waals surface area (Å²) in [5.41, 5.74) is 1.64. The molecule has 1 aromatic heterocycles. The monoisotopic (exact) mass is 333 g/mol. The van der Waals surface area contributed by atoms with Crippen molar-refractivity contribution in [3.8, 4) is 0 Å². The van der Waals surface area contributed by atoms with Crippen LogP contribution in [0.2, 0.25) is 0 Å². The average Bonchev–Trinajstić information content (AvgIpc) is 2.71. The SMILES string of the molecule is CC1(C)C[C@@H](NC(=O)Cn2nc3c(cc2=O)CCCCC3)CCO1. The Labute approximate surface area is 142 Å². The fourth-order valence-electron chi connectivity index (χ4n) is 3.66. The van der Waals surface area contributed by atoms with E-state index in [1.165, 1.54) is 11.1 Å². The second-order valence-electron chi connectivity index (χ2n) is 7.54. The topological polar surface area (TPSA) is 73.2 Å². The predicted octanol–water partition coefficient (Wildman–Crippen LogP) is 1.59. The van der Waals surface area contributed by atoms with Gasteiger partial charge in [-0.05, 0) is 57.9 Å². The Morgan fingerprint density at radius 3 is 2.96 bits per heavy atom. The molecule has 1 aromatic rings. The number of ether oxygens (including phenoxy) is 1. The molecule has 1 saturated heterocycles. The predicted molar refractivity (Wildman–Crippen MR) is 91.0 cm³/mol. The highest BCUT2D eigenvalue weighted by molar-refractivity contribution is 5.75. The van der Waals surface area contributed by atoms with Crippen molar-refractivity contribution in [1.29, 1.82) is 0 Å². The second kappa shape index (κ2) is 7.05. The summed E-state index contributed by atoms with van der Waals surface area (Å²) < 4.78 is 6.98. The smallest absolute Gasteiger partial charge is 0.267 e. The third-order valence-corrected chi connectivity index (χ3v) is 4.88. The highest BCUT2D eigenvalue weighted by Gasteiger charge is 2.29. The van der Waals surface area contributed by atoms with Gasteiger partial charge in [0.25, 0.3) is 5.56 Å². The Morgan fingerprint density at radius 2 is 2.17 bits per heavy atom. The zero-order chi connectivity index (χ0) is 17.2. The first-order valence-corrected chi connectivity index (χ1v) is 8.96. The van der Waals surface area contributed by atoms with Crippen LogP contribution in [0.3, 0.4) is 0 Å². The van der Waals surface area contributed by atoms with Gasteiger partial charge in [-0.2, -0.15) is 5.10 Å². The number of hydrogen-bond acceptors (Lipinski definition) is 4. The highest BCUT2D eigenvalue weighted by Crippen LogP contribution is 2.23. The van der Waals surface area contributed by atoms with Crippen LogP contribution < -0.4 is 10.9 Å². The fraction of sp³-hybridized carbons (Fsp3) is 0.722. The van der Waals surface area contributed by atoms with E-state index in [1.54, 1.807) is 6.07 Å². The van der Waals surface area contributed by atoms with Crippen LogP contribution in [0.4, 0.5) is 0 Å². The molecule has 0 spiro atoms. The fourth-order valence-corrected chi connectivity index (χ4v) is 3.66. The van der Waals surface area contributed by atoms with Gasteiger partial charge in [0.05, 0.1) is 11.3 Å². The molecule has 6 nitrogen and oxygen atoms in total. The first kappa shape index (κ1) is 17.1. The van der Waals surface area contributed by atoms with Crippen LogP contribution in [-0.4, -0.2) is 33.9 Å². The van der Waals surface area contributed by atoms with Gasteiger partial charge in [-0.25, -0.2) is 4.68 Å². The Morgan fingerprint density at radius 1 is 1.38 bits per heavy atom. The number of aryl methyl sites for hydroxylation is 2. The molecular weight excluding hydrogens is 306 g/mol. The van der Waals surface area contributed by atoms with E-state index >= 15 is 0 Å². The second-order valence-corrected chi connectivity index (χ2v) is 7.54. The minimum atomic E-state index is -0.213. The van der Waals surface area contributed by atoms with Crippen LogP contribution in [0.1, 0.15) is 57.2 Å². The zero-order valence-electron chi connectivity index (χ0n) is 14.6. The summed E-state index contributed by atoms with van der Waals surface area (Å²) in [4.78, 5) is 24.6. The van der Waals surface area contributed by atoms with Gasteiger partial charge in [-0.1, -0.05) is 6.42 Å². The van der Waals surface area contributed by atoms with E-state index in [9.17, 15) is 9.59 Å². The lowest BCUT2D eigenvalue weighted by Crippen LogP contribution is -2.47. The zero-order valence-corrected chi connectivity index (χ0v) is 14.6. The maximum Gasteiger partial charge on any atom is 0.267 e. The molecule has 0 bridgehead atoms. The van der Waals surface area contributed by atoms with Gasteiger partial charge < -0.3 is 10.1 Å². The maximum absolute atomic E-state index is 12.3. The van der Waals surface area contributed by atoms with Crippen molar-refractivity contribution in [3.05, 3.63) is 27.7 Å². The normalized spacial score (nSPS) is 23.2. The molecule has 1 fully saturated rings. The van der Waals surface area contributed by atoms with Gasteiger partial charge in [0, 0.05) is 18.7 Å². The number of nitrogens with zero attached hydrogens (tertiary/aromatic N) is 2. The molecule has 1 aliphatic heterocycles. The molecule has 6 heteroatoms. The molecule has 1 atom stereocenters. The summed E-state index contributed by atoms with van der Waals surface area (Å²) in [6.07, 6.45) is 6.78. The van der Waals surface area contributed by atoms with Crippen molar-refractivity contribution in [2.45, 2.75) is 77.0 Å². The van der Waals surface area contributed by atoms with Gasteiger partial charge in [0.15, 0.2) is 0 Å². The molecule has 1 aliphatic carbocycles. The lowest BCUT2D eigenvalue weighted by atomic mass is 9.94. The van der Waals surface area contributed by atoms with Crippen LogP contribution in [0.5, 0.6) is 0 Å². The molecule has 2 heterocycles. The van der Waals surface area contributed by atoms with Crippen LogP contribution in [-0.2, 0) is 28.9 Å². The van der Waals surface area contributed by atoms with Crippen LogP contribution in [0, 0.1) is 0 Å². The van der Waals surface area contributed by atoms with E-state index in [4.69, 9.17) is 4.74 Å². The Balaban J connectivity index is 1.66. The number of rotatable bonds is 3. The standard InChI is InChI=1S/C18H27N3O3/c1-18(2)11-14(8-9-24-18)19-16(22)12-21-17(23)10-13-6-4-3-5-7-15(13)20-21/h10,14H,3-9,11-12H2,1-2H3,(H,19,22)/t14-/m0/s1. The summed E-state index contributed by atoms with van der Waals surface area (Å²) in [6.45, 7) is 4.70. The molecule has 0 aromatic carbocycles. The molecule has 0 radical (unpaired) electrons. The van der Waals surface area contributed by atoms with Crippen molar-refractivity contribution >= 4 is 5.91 Å². The molecule has 1 N–H and O–H groups in total. The number of fused-ring (bicyclic) bond motifs is 1. The van der Waals surface area contributed by atoms with E-state index in [2.05, 4.69) is 10.4 Å². The van der Waals surface area contributed by atoms with Gasteiger partial charge in [0.1, 0.15) is 6.54 Å². The lowest BCUT2D eigenvalue weighted by molar-refractivity contribution is -0.124. The number of hydrogen-bond donors (Lipinski definition) is 1. The molecular formula is C18H27N3O3. The Hall–Kier alpha value is -1.69. The van der Waals surface area contributed by atoms with Crippen molar-refractivity contribution < 1.29 is 9.53 Å². The largest absolute Gasteiger partial charge is 0.375 e. The van der Waals surface area contributed by atoms with E-state index in [0.717, 1.165) is 49.8 Å². The van der Waals surface area contributed by atoms with Gasteiger partial charge in [-0.15, -0.1) is 0 Å². The van der Waals surface area contributed by atoms with Crippen molar-refractivity contribution in [2.75, 3.05) is 6.61 Å². The third-order valence-electron chi connectivity index (χ3n) is 4.88. The Bertz CT molecular complexity index is 666. The third kappa shape index (κ3) is 4.23. The van der Waals surface area contributed by atoms with Gasteiger partial charge >= 0.3 is 0 Å². The molecule has 132 valence electrons. The lowest BCUT2D eigenvalue weighted by Gasteiger charge is -2.35. The molecule has 3 rings (SSSR count). The van der Waals surface area contributed by atoms with E-state index in [0.29, 0.717) is 6.61 Å². The minimum Gasteiger partial charge on any atom is -0.375 e. The molecule has 1 amide bonds. The highest BCUT2D eigenvalue weighted by atomic mass is 16.5. The summed E-state index contributed by atoms with van der Waals surface area (Å²) in [5.74, 6) is -0.152. The average molecular weight is 333 g/mol. The summed E-state index contributed by atoms with van der Waals surface area (Å²) in [6, 6.07) is 1.76. The molecule has 2 aliphatic rings. The number of amides is 1. The summed E-state index contributed by atoms with van der Waals surface area (Å²) in [5, 5.41) is 7.48. The van der Waals surface area contributed by atoms with Gasteiger partial charge in [-0.3, -0.25) is 9.59 Å². The van der Waals surface area contributed by atoms with Crippen LogP contribution >= 0.6 is 0 Å². The first-order valence-electron chi connectivity index (χ1n) is 8.96. The van der Waals surface area contributed by atoms with Crippen molar-refractivity contribution in [3.63, 3.8) is 0 Å². The molecule has 0 saturated carbocycles. The van der Waals surface area contributed by atoms with Crippen LogP contribution in [0.15, 0.2) is 10.9 Å². The van der Waals surface area contributed by atoms with E-state index < -0.39 is 0 Å². The van der Waals surface area contributed by atoms with E-state index in [-0.39, 0.29) is 29.7 Å².